The number of imidazole rings is 3. The highest BCUT2D eigenvalue weighted by molar-refractivity contribution is 7.90. The summed E-state index contributed by atoms with van der Waals surface area (Å²) in [5.74, 6) is -0.104. The summed E-state index contributed by atoms with van der Waals surface area (Å²) < 4.78 is 69.0. The van der Waals surface area contributed by atoms with Crippen LogP contribution in [0.3, 0.4) is 0 Å². The van der Waals surface area contributed by atoms with Gasteiger partial charge in [-0.05, 0) is 95.3 Å². The molecule has 4 N–H and O–H groups in total. The molecule has 0 unspecified atom stereocenters. The predicted octanol–water partition coefficient (Wildman–Crippen LogP) is 11.1. The Bertz CT molecular complexity index is 3860. The van der Waals surface area contributed by atoms with Crippen molar-refractivity contribution >= 4 is 79.1 Å². The first-order valence-corrected chi connectivity index (χ1v) is 24.9. The molecular formula is C51H42Cl2F3N15O2S. The van der Waals surface area contributed by atoms with Crippen LogP contribution in [0, 0.1) is 52.1 Å². The summed E-state index contributed by atoms with van der Waals surface area (Å²) in [6.45, 7) is 9.46. The number of pyridine rings is 3. The van der Waals surface area contributed by atoms with Crippen LogP contribution in [0.4, 0.5) is 42.3 Å². The second-order valence-corrected chi connectivity index (χ2v) is 19.6. The summed E-state index contributed by atoms with van der Waals surface area (Å²) >= 11 is 12.1. The Labute approximate surface area is 431 Å². The van der Waals surface area contributed by atoms with Gasteiger partial charge in [-0.3, -0.25) is 13.2 Å². The van der Waals surface area contributed by atoms with Crippen LogP contribution in [0.5, 0.6) is 0 Å². The van der Waals surface area contributed by atoms with Crippen LogP contribution < -0.4 is 16.4 Å². The third kappa shape index (κ3) is 11.2. The van der Waals surface area contributed by atoms with Gasteiger partial charge in [-0.25, -0.2) is 61.5 Å². The minimum Gasteiger partial charge on any atom is -0.384 e. The molecule has 374 valence electrons. The molecule has 17 nitrogen and oxygen atoms in total. The van der Waals surface area contributed by atoms with Crippen molar-refractivity contribution in [3.8, 4) is 34.2 Å². The molecule has 0 amide bonds. The van der Waals surface area contributed by atoms with Gasteiger partial charge in [0.25, 0.3) is 0 Å². The third-order valence-electron chi connectivity index (χ3n) is 11.1. The Hall–Kier alpha value is -8.53. The number of nitrogens with one attached hydrogen (secondary N) is 2. The zero-order chi connectivity index (χ0) is 52.6. The van der Waals surface area contributed by atoms with E-state index in [4.69, 9.17) is 28.9 Å². The summed E-state index contributed by atoms with van der Waals surface area (Å²) in [6, 6.07) is 29.3. The van der Waals surface area contributed by atoms with Crippen LogP contribution >= 0.6 is 23.2 Å². The summed E-state index contributed by atoms with van der Waals surface area (Å²) in [7, 11) is -3.62. The number of nitrogen functional groups attached to an aromatic ring is 1. The number of hydrogen-bond donors (Lipinski definition) is 3. The number of anilines is 5. The summed E-state index contributed by atoms with van der Waals surface area (Å²) in [4.78, 5) is 38.5. The van der Waals surface area contributed by atoms with Gasteiger partial charge >= 0.3 is 0 Å². The normalized spacial score (nSPS) is 11.3. The summed E-state index contributed by atoms with van der Waals surface area (Å²) in [5, 5.41) is 6.17. The molecule has 9 heterocycles. The van der Waals surface area contributed by atoms with Crippen molar-refractivity contribution < 1.29 is 21.6 Å². The average Bonchev–Trinajstić information content (AvgIpc) is 3.97. The molecule has 0 saturated carbocycles. The highest BCUT2D eigenvalue weighted by Crippen LogP contribution is 2.30. The Balaban J connectivity index is 0.000000137. The molecule has 23 heteroatoms. The van der Waals surface area contributed by atoms with Gasteiger partial charge in [-0.1, -0.05) is 58.6 Å². The number of nitrogens with two attached hydrogens (primary N) is 1. The number of hydrogen-bond acceptors (Lipinski definition) is 14. The van der Waals surface area contributed by atoms with Crippen LogP contribution in [-0.2, 0) is 9.84 Å². The van der Waals surface area contributed by atoms with Gasteiger partial charge in [-0.2, -0.15) is 4.98 Å². The molecule has 0 aliphatic heterocycles. The molecule has 0 bridgehead atoms. The maximum Gasteiger partial charge on any atom is 0.248 e. The molecule has 0 atom stereocenters. The molecule has 74 heavy (non-hydrogen) atoms. The van der Waals surface area contributed by atoms with E-state index in [-0.39, 0.29) is 32.8 Å². The van der Waals surface area contributed by atoms with Crippen molar-refractivity contribution in [3.63, 3.8) is 0 Å². The summed E-state index contributed by atoms with van der Waals surface area (Å²) in [6.07, 6.45) is 5.01. The second-order valence-electron chi connectivity index (χ2n) is 16.9. The van der Waals surface area contributed by atoms with E-state index < -0.39 is 15.7 Å². The Morgan fingerprint density at radius 3 is 1.24 bits per heavy atom. The number of aromatic nitrogens is 12. The van der Waals surface area contributed by atoms with Gasteiger partial charge in [0.15, 0.2) is 0 Å². The monoisotopic (exact) mass is 1060 g/mol. The van der Waals surface area contributed by atoms with E-state index in [1.807, 2.05) is 76.2 Å². The third-order valence-corrected chi connectivity index (χ3v) is 12.3. The van der Waals surface area contributed by atoms with Gasteiger partial charge in [0.1, 0.15) is 50.5 Å². The van der Waals surface area contributed by atoms with Crippen LogP contribution in [0.15, 0.2) is 127 Å². The van der Waals surface area contributed by atoms with Gasteiger partial charge < -0.3 is 16.4 Å². The first-order valence-electron chi connectivity index (χ1n) is 22.3. The van der Waals surface area contributed by atoms with E-state index >= 15 is 0 Å². The predicted molar refractivity (Wildman–Crippen MR) is 279 cm³/mol. The van der Waals surface area contributed by atoms with Crippen LogP contribution in [0.2, 0.25) is 10.3 Å². The number of rotatable bonds is 8. The minimum atomic E-state index is -3.62. The molecule has 9 aromatic heterocycles. The number of benzene rings is 2. The van der Waals surface area contributed by atoms with E-state index in [0.29, 0.717) is 68.8 Å². The standard InChI is InChI=1S/C19H15ClFN5.C19H17FN6.C13H10ClFN4O2S/c1-11-3-6-14(7-4-11)23-19-24-15(9-16(20)25-19)18-12(2)22-17-8-5-13(21)10-26(17)18;1-11-3-6-14(7-4-11)23-19-24-15(9-16(21)25-19)18-12(2)22-17-8-5-13(20)10-26(17)18;1-7-12(19-6-8(15)3-4-11(19)16-7)9-5-10(14)18-13(17-9)22(2,20)21/h3-10H,1-2H3,(H,23,24,25);3-10H,1-2H3,(H3,21,23,24,25);3-6H,1-2H3. The van der Waals surface area contributed by atoms with Crippen LogP contribution in [0.25, 0.3) is 51.1 Å². The fourth-order valence-electron chi connectivity index (χ4n) is 7.79. The number of sulfone groups is 1. The van der Waals surface area contributed by atoms with E-state index in [1.165, 1.54) is 53.3 Å². The Morgan fingerprint density at radius 1 is 0.473 bits per heavy atom. The van der Waals surface area contributed by atoms with E-state index in [1.54, 1.807) is 40.0 Å². The molecule has 0 aliphatic rings. The molecular weight excluding hydrogens is 1010 g/mol. The zero-order valence-corrected chi connectivity index (χ0v) is 42.4. The van der Waals surface area contributed by atoms with Crippen molar-refractivity contribution in [2.45, 2.75) is 39.8 Å². The fourth-order valence-corrected chi connectivity index (χ4v) is 8.73. The molecule has 2 aromatic carbocycles. The van der Waals surface area contributed by atoms with Crippen molar-refractivity contribution in [2.75, 3.05) is 22.6 Å². The lowest BCUT2D eigenvalue weighted by Crippen LogP contribution is -2.06. The molecule has 0 spiro atoms. The van der Waals surface area contributed by atoms with E-state index in [9.17, 15) is 21.6 Å². The van der Waals surface area contributed by atoms with Gasteiger partial charge in [0, 0.05) is 54.4 Å². The lowest BCUT2D eigenvalue weighted by molar-refractivity contribution is 0.593. The van der Waals surface area contributed by atoms with Gasteiger partial charge in [-0.15, -0.1) is 0 Å². The first-order chi connectivity index (χ1) is 35.2. The molecule has 0 radical (unpaired) electrons. The van der Waals surface area contributed by atoms with Gasteiger partial charge in [0.05, 0.1) is 51.2 Å². The molecule has 0 aliphatic carbocycles. The molecule has 0 fully saturated rings. The number of halogens is 5. The number of nitrogens with zero attached hydrogens (tertiary/aromatic N) is 12. The largest absolute Gasteiger partial charge is 0.384 e. The van der Waals surface area contributed by atoms with Crippen LogP contribution in [-0.4, -0.2) is 72.7 Å². The lowest BCUT2D eigenvalue weighted by atomic mass is 10.2. The highest BCUT2D eigenvalue weighted by atomic mass is 35.5. The van der Waals surface area contributed by atoms with Crippen molar-refractivity contribution in [3.05, 3.63) is 178 Å². The lowest BCUT2D eigenvalue weighted by Gasteiger charge is -2.09. The summed E-state index contributed by atoms with van der Waals surface area (Å²) in [5.41, 5.74) is 17.0. The fraction of sp³-hybridized carbons (Fsp3) is 0.118. The second kappa shape index (κ2) is 20.5. The smallest absolute Gasteiger partial charge is 0.248 e. The SMILES string of the molecule is Cc1ccc(Nc2nc(Cl)cc(-c3c(C)nc4ccc(F)cn34)n2)cc1.Cc1ccc(Nc2nc(N)cc(-c3c(C)nc4ccc(F)cn34)n2)cc1.Cc1nc2ccc(F)cn2c1-c1cc(Cl)nc(S(C)(=O)=O)n1. The topological polar surface area (TPSA) is 213 Å². The van der Waals surface area contributed by atoms with Crippen molar-refractivity contribution in [2.24, 2.45) is 0 Å². The Morgan fingerprint density at radius 2 is 0.838 bits per heavy atom. The maximum atomic E-state index is 13.7. The molecule has 11 aromatic rings. The minimum absolute atomic E-state index is 0.0174. The van der Waals surface area contributed by atoms with Crippen LogP contribution in [0.1, 0.15) is 28.2 Å². The quantitative estimate of drug-likeness (QED) is 0.0954. The van der Waals surface area contributed by atoms with E-state index in [2.05, 4.69) is 55.5 Å². The first kappa shape index (κ1) is 50.4. The maximum absolute atomic E-state index is 13.7. The average molecular weight is 1060 g/mol. The van der Waals surface area contributed by atoms with Gasteiger partial charge in [0.2, 0.25) is 26.9 Å². The highest BCUT2D eigenvalue weighted by Gasteiger charge is 2.20. The number of aryl methyl sites for hydroxylation is 5. The van der Waals surface area contributed by atoms with E-state index in [0.717, 1.165) is 40.1 Å². The molecule has 11 rings (SSSR count). The molecule has 0 saturated heterocycles. The van der Waals surface area contributed by atoms with Crippen molar-refractivity contribution in [1.29, 1.82) is 0 Å². The number of fused-ring (bicyclic) bond motifs is 3. The Kier molecular flexibility index (Phi) is 14.0. The van der Waals surface area contributed by atoms with Crippen molar-refractivity contribution in [1.82, 2.24) is 58.1 Å². The zero-order valence-electron chi connectivity index (χ0n) is 40.1.